The highest BCUT2D eigenvalue weighted by atomic mass is 35.5. The Hall–Kier alpha value is -2.60. The first kappa shape index (κ1) is 18.2. The van der Waals surface area contributed by atoms with Gasteiger partial charge in [-0.2, -0.15) is 0 Å². The molecule has 0 heterocycles. The van der Waals surface area contributed by atoms with E-state index in [-0.39, 0.29) is 23.2 Å². The molecule has 0 spiro atoms. The molecule has 0 radical (unpaired) electrons. The molecule has 136 valence electrons. The fraction of sp³-hybridized carbons (Fsp3) is 0.316. The molecular formula is C19H20ClN3O3. The largest absolute Gasteiger partial charge is 0.375 e. The topological polar surface area (TPSA) is 84.3 Å². The molecule has 0 aromatic heterocycles. The number of anilines is 1. The highest BCUT2D eigenvalue weighted by Crippen LogP contribution is 2.32. The lowest BCUT2D eigenvalue weighted by Crippen LogP contribution is -2.34. The summed E-state index contributed by atoms with van der Waals surface area (Å²) in [7, 11) is 0. The van der Waals surface area contributed by atoms with Gasteiger partial charge in [-0.3, -0.25) is 14.9 Å². The van der Waals surface area contributed by atoms with Crippen molar-refractivity contribution in [3.63, 3.8) is 0 Å². The van der Waals surface area contributed by atoms with Crippen molar-refractivity contribution in [3.05, 3.63) is 68.7 Å². The molecule has 1 amide bonds. The van der Waals surface area contributed by atoms with E-state index in [9.17, 15) is 14.9 Å². The Morgan fingerprint density at radius 1 is 1.31 bits per heavy atom. The van der Waals surface area contributed by atoms with Crippen molar-refractivity contribution < 1.29 is 9.72 Å². The molecule has 26 heavy (non-hydrogen) atoms. The van der Waals surface area contributed by atoms with Crippen LogP contribution in [0.3, 0.4) is 0 Å². The van der Waals surface area contributed by atoms with E-state index >= 15 is 0 Å². The number of nitro groups is 1. The summed E-state index contributed by atoms with van der Waals surface area (Å²) in [4.78, 5) is 23.3. The normalized spacial score (nSPS) is 14.5. The van der Waals surface area contributed by atoms with E-state index in [1.54, 1.807) is 18.2 Å². The molecule has 1 atom stereocenters. The van der Waals surface area contributed by atoms with Crippen molar-refractivity contribution in [3.8, 4) is 0 Å². The second-order valence-electron chi connectivity index (χ2n) is 6.53. The van der Waals surface area contributed by atoms with Crippen molar-refractivity contribution in [1.29, 1.82) is 0 Å². The van der Waals surface area contributed by atoms with Gasteiger partial charge >= 0.3 is 0 Å². The first-order valence-electron chi connectivity index (χ1n) is 8.52. The number of rotatable bonds is 7. The Bertz CT molecular complexity index is 837. The first-order chi connectivity index (χ1) is 12.5. The van der Waals surface area contributed by atoms with E-state index in [0.29, 0.717) is 23.2 Å². The van der Waals surface area contributed by atoms with Crippen molar-refractivity contribution >= 4 is 28.9 Å². The van der Waals surface area contributed by atoms with E-state index in [4.69, 9.17) is 11.6 Å². The van der Waals surface area contributed by atoms with Crippen LogP contribution in [0.25, 0.3) is 0 Å². The fourth-order valence-electron chi connectivity index (χ4n) is 2.81. The Labute approximate surface area is 156 Å². The van der Waals surface area contributed by atoms with Crippen LogP contribution in [0.5, 0.6) is 0 Å². The second-order valence-corrected chi connectivity index (χ2v) is 6.94. The van der Waals surface area contributed by atoms with Crippen LogP contribution in [0.15, 0.2) is 42.5 Å². The van der Waals surface area contributed by atoms with Crippen LogP contribution >= 0.6 is 11.6 Å². The lowest BCUT2D eigenvalue weighted by atomic mass is 10.1. The van der Waals surface area contributed by atoms with Crippen molar-refractivity contribution in [2.24, 2.45) is 5.92 Å². The number of benzene rings is 2. The summed E-state index contributed by atoms with van der Waals surface area (Å²) in [5.74, 6) is 0.232. The Morgan fingerprint density at radius 2 is 2.04 bits per heavy atom. The van der Waals surface area contributed by atoms with Gasteiger partial charge in [0.1, 0.15) is 5.69 Å². The average Bonchev–Trinajstić information content (AvgIpc) is 3.46. The summed E-state index contributed by atoms with van der Waals surface area (Å²) in [6, 6.07) is 11.8. The fourth-order valence-corrected chi connectivity index (χ4v) is 3.01. The maximum Gasteiger partial charge on any atom is 0.293 e. The molecule has 2 aromatic rings. The summed E-state index contributed by atoms with van der Waals surface area (Å²) in [5.41, 5.74) is 1.33. The standard InChI is InChI=1S/C19H20ClN3O3/c1-12(13-6-7-13)22-19(24)14-8-9-17(18(10-14)23(25)26)21-11-15-4-2-3-5-16(15)20/h2-5,8-10,12-13,21H,6-7,11H2,1H3,(H,22,24). The Balaban J connectivity index is 1.75. The minimum Gasteiger partial charge on any atom is -0.375 e. The second kappa shape index (κ2) is 7.74. The van der Waals surface area contributed by atoms with Crippen LogP contribution in [0.2, 0.25) is 5.02 Å². The molecular weight excluding hydrogens is 354 g/mol. The monoisotopic (exact) mass is 373 g/mol. The van der Waals surface area contributed by atoms with Gasteiger partial charge in [0.15, 0.2) is 0 Å². The van der Waals surface area contributed by atoms with E-state index in [1.807, 2.05) is 25.1 Å². The van der Waals surface area contributed by atoms with Gasteiger partial charge in [0, 0.05) is 29.2 Å². The smallest absolute Gasteiger partial charge is 0.293 e. The van der Waals surface area contributed by atoms with Gasteiger partial charge in [0.2, 0.25) is 0 Å². The highest BCUT2D eigenvalue weighted by molar-refractivity contribution is 6.31. The quantitative estimate of drug-likeness (QED) is 0.557. The first-order valence-corrected chi connectivity index (χ1v) is 8.90. The number of carbonyl (C=O) groups excluding carboxylic acids is 1. The van der Waals surface area contributed by atoms with Gasteiger partial charge in [0.05, 0.1) is 4.92 Å². The van der Waals surface area contributed by atoms with Gasteiger partial charge < -0.3 is 10.6 Å². The summed E-state index contributed by atoms with van der Waals surface area (Å²) < 4.78 is 0. The highest BCUT2D eigenvalue weighted by Gasteiger charge is 2.29. The molecule has 2 aromatic carbocycles. The number of nitrogens with zero attached hydrogens (tertiary/aromatic N) is 1. The SMILES string of the molecule is CC(NC(=O)c1ccc(NCc2ccccc2Cl)c([N+](=O)[O-])c1)C1CC1. The van der Waals surface area contributed by atoms with Crippen LogP contribution in [0, 0.1) is 16.0 Å². The van der Waals surface area contributed by atoms with Crippen LogP contribution in [0.4, 0.5) is 11.4 Å². The molecule has 1 saturated carbocycles. The molecule has 1 aliphatic carbocycles. The molecule has 7 heteroatoms. The zero-order valence-electron chi connectivity index (χ0n) is 14.4. The number of nitro benzene ring substituents is 1. The van der Waals surface area contributed by atoms with Gasteiger partial charge in [-0.1, -0.05) is 29.8 Å². The van der Waals surface area contributed by atoms with E-state index in [2.05, 4.69) is 10.6 Å². The number of amides is 1. The minimum atomic E-state index is -0.490. The van der Waals surface area contributed by atoms with Gasteiger partial charge in [0.25, 0.3) is 11.6 Å². The minimum absolute atomic E-state index is 0.0829. The third-order valence-corrected chi connectivity index (χ3v) is 4.94. The van der Waals surface area contributed by atoms with Crippen molar-refractivity contribution in [2.75, 3.05) is 5.32 Å². The third-order valence-electron chi connectivity index (χ3n) is 4.57. The maximum absolute atomic E-state index is 12.3. The van der Waals surface area contributed by atoms with Crippen molar-refractivity contribution in [1.82, 2.24) is 5.32 Å². The van der Waals surface area contributed by atoms with Crippen LogP contribution in [-0.2, 0) is 6.54 Å². The molecule has 1 fully saturated rings. The number of hydrogen-bond donors (Lipinski definition) is 2. The molecule has 2 N–H and O–H groups in total. The molecule has 1 aliphatic rings. The maximum atomic E-state index is 12.3. The van der Waals surface area contributed by atoms with E-state index in [0.717, 1.165) is 18.4 Å². The Morgan fingerprint density at radius 3 is 2.69 bits per heavy atom. The van der Waals surface area contributed by atoms with Gasteiger partial charge in [-0.15, -0.1) is 0 Å². The molecule has 0 aliphatic heterocycles. The number of halogens is 1. The number of carbonyl (C=O) groups is 1. The summed E-state index contributed by atoms with van der Waals surface area (Å²) in [6.45, 7) is 2.31. The zero-order valence-corrected chi connectivity index (χ0v) is 15.1. The summed E-state index contributed by atoms with van der Waals surface area (Å²) in [6.07, 6.45) is 2.24. The molecule has 1 unspecified atom stereocenters. The van der Waals surface area contributed by atoms with Gasteiger partial charge in [-0.25, -0.2) is 0 Å². The van der Waals surface area contributed by atoms with Gasteiger partial charge in [-0.05, 0) is 49.4 Å². The average molecular weight is 374 g/mol. The number of nitrogens with one attached hydrogen (secondary N) is 2. The molecule has 6 nitrogen and oxygen atoms in total. The number of hydrogen-bond acceptors (Lipinski definition) is 4. The van der Waals surface area contributed by atoms with E-state index in [1.165, 1.54) is 6.07 Å². The lowest BCUT2D eigenvalue weighted by Gasteiger charge is -2.13. The zero-order chi connectivity index (χ0) is 18.7. The molecule has 0 saturated heterocycles. The van der Waals surface area contributed by atoms with Crippen LogP contribution < -0.4 is 10.6 Å². The predicted octanol–water partition coefficient (Wildman–Crippen LogP) is 4.39. The molecule has 0 bridgehead atoms. The molecule has 3 rings (SSSR count). The third kappa shape index (κ3) is 4.32. The van der Waals surface area contributed by atoms with Crippen LogP contribution in [-0.4, -0.2) is 16.9 Å². The predicted molar refractivity (Wildman–Crippen MR) is 102 cm³/mol. The summed E-state index contributed by atoms with van der Waals surface area (Å²) >= 11 is 6.11. The van der Waals surface area contributed by atoms with E-state index < -0.39 is 4.92 Å². The lowest BCUT2D eigenvalue weighted by molar-refractivity contribution is -0.384. The Kier molecular flexibility index (Phi) is 5.42. The van der Waals surface area contributed by atoms with Crippen molar-refractivity contribution in [2.45, 2.75) is 32.4 Å². The van der Waals surface area contributed by atoms with Crippen LogP contribution in [0.1, 0.15) is 35.7 Å². The summed E-state index contributed by atoms with van der Waals surface area (Å²) in [5, 5.41) is 18.0.